The van der Waals surface area contributed by atoms with Gasteiger partial charge >= 0.3 is 0 Å². The number of hydrogen-bond donors (Lipinski definition) is 2. The van der Waals surface area contributed by atoms with Crippen molar-refractivity contribution in [2.45, 2.75) is 32.9 Å². The third-order valence-corrected chi connectivity index (χ3v) is 1.77. The van der Waals surface area contributed by atoms with Crippen molar-refractivity contribution >= 4 is 0 Å². The summed E-state index contributed by atoms with van der Waals surface area (Å²) in [6, 6.07) is 0. The van der Waals surface area contributed by atoms with Crippen LogP contribution in [0.3, 0.4) is 0 Å². The van der Waals surface area contributed by atoms with Crippen molar-refractivity contribution in [1.29, 1.82) is 0 Å². The first kappa shape index (κ1) is 10.1. The first-order valence-corrected chi connectivity index (χ1v) is 4.54. The van der Waals surface area contributed by atoms with Crippen molar-refractivity contribution in [2.75, 3.05) is 6.61 Å². The highest BCUT2D eigenvalue weighted by atomic mass is 16.5. The summed E-state index contributed by atoms with van der Waals surface area (Å²) in [5, 5.41) is 6.80. The third-order valence-electron chi connectivity index (χ3n) is 1.77. The topological polar surface area (TPSA) is 76.8 Å². The lowest BCUT2D eigenvalue weighted by Crippen LogP contribution is -2.05. The van der Waals surface area contributed by atoms with E-state index in [1.165, 1.54) is 0 Å². The summed E-state index contributed by atoms with van der Waals surface area (Å²) in [4.78, 5) is 4.20. The number of nitrogens with zero attached hydrogens (tertiary/aromatic N) is 2. The van der Waals surface area contributed by atoms with Crippen LogP contribution in [0.2, 0.25) is 0 Å². The van der Waals surface area contributed by atoms with Gasteiger partial charge in [0, 0.05) is 6.61 Å². The number of rotatable bonds is 5. The zero-order chi connectivity index (χ0) is 9.68. The van der Waals surface area contributed by atoms with Gasteiger partial charge in [0.2, 0.25) is 0 Å². The predicted octanol–water partition coefficient (Wildman–Crippen LogP) is 0.751. The molecule has 1 atom stereocenters. The van der Waals surface area contributed by atoms with Crippen LogP contribution in [0, 0.1) is 0 Å². The molecule has 0 radical (unpaired) electrons. The second-order valence-corrected chi connectivity index (χ2v) is 2.70. The van der Waals surface area contributed by atoms with Crippen LogP contribution in [0.5, 0.6) is 0 Å². The monoisotopic (exact) mass is 184 g/mol. The lowest BCUT2D eigenvalue weighted by atomic mass is 10.2. The van der Waals surface area contributed by atoms with E-state index in [0.717, 1.165) is 6.42 Å². The molecule has 1 heterocycles. The number of ether oxygens (including phenoxy) is 1. The van der Waals surface area contributed by atoms with E-state index >= 15 is 0 Å². The molecular formula is C8H16N4O. The van der Waals surface area contributed by atoms with Crippen molar-refractivity contribution in [3.05, 3.63) is 11.6 Å². The summed E-state index contributed by atoms with van der Waals surface area (Å²) >= 11 is 0. The summed E-state index contributed by atoms with van der Waals surface area (Å²) in [5.74, 6) is 1.40. The summed E-state index contributed by atoms with van der Waals surface area (Å²) < 4.78 is 5.45. The number of H-pyrrole nitrogens is 1. The number of nitrogens with one attached hydrogen (secondary N) is 1. The number of hydrogen-bond acceptors (Lipinski definition) is 4. The largest absolute Gasteiger partial charge is 0.370 e. The predicted molar refractivity (Wildman–Crippen MR) is 48.9 cm³/mol. The van der Waals surface area contributed by atoms with Gasteiger partial charge in [-0.05, 0) is 13.3 Å². The molecule has 0 spiro atoms. The Hall–Kier alpha value is -0.940. The van der Waals surface area contributed by atoms with Crippen LogP contribution in [-0.2, 0) is 11.3 Å². The second kappa shape index (κ2) is 4.94. The van der Waals surface area contributed by atoms with E-state index in [0.29, 0.717) is 24.8 Å². The molecule has 1 aromatic rings. The Bertz CT molecular complexity index is 248. The van der Waals surface area contributed by atoms with Gasteiger partial charge in [-0.1, -0.05) is 6.92 Å². The van der Waals surface area contributed by atoms with Gasteiger partial charge in [-0.3, -0.25) is 5.10 Å². The smallest absolute Gasteiger partial charge is 0.179 e. The number of nitrogens with two attached hydrogens (primary N) is 1. The molecule has 0 saturated heterocycles. The molecule has 74 valence electrons. The van der Waals surface area contributed by atoms with Crippen LogP contribution in [0.25, 0.3) is 0 Å². The molecule has 1 unspecified atom stereocenters. The lowest BCUT2D eigenvalue weighted by Gasteiger charge is -2.09. The summed E-state index contributed by atoms with van der Waals surface area (Å²) in [5.41, 5.74) is 5.40. The fraction of sp³-hybridized carbons (Fsp3) is 0.750. The van der Waals surface area contributed by atoms with E-state index in [-0.39, 0.29) is 6.10 Å². The highest BCUT2D eigenvalue weighted by Gasteiger charge is 2.13. The van der Waals surface area contributed by atoms with Gasteiger partial charge in [0.25, 0.3) is 0 Å². The molecular weight excluding hydrogens is 168 g/mol. The molecule has 3 N–H and O–H groups in total. The Kier molecular flexibility index (Phi) is 3.85. The van der Waals surface area contributed by atoms with Crippen molar-refractivity contribution in [1.82, 2.24) is 15.2 Å². The van der Waals surface area contributed by atoms with Gasteiger partial charge in [-0.2, -0.15) is 5.10 Å². The standard InChI is InChI=1S/C8H16N4O/c1-3-6(13-4-2)8-10-7(5-9)11-12-8/h6H,3-5,9H2,1-2H3,(H,10,11,12). The van der Waals surface area contributed by atoms with Gasteiger partial charge in [-0.15, -0.1) is 0 Å². The minimum absolute atomic E-state index is 0.0125. The van der Waals surface area contributed by atoms with Crippen LogP contribution in [0.15, 0.2) is 0 Å². The second-order valence-electron chi connectivity index (χ2n) is 2.70. The zero-order valence-corrected chi connectivity index (χ0v) is 8.08. The highest BCUT2D eigenvalue weighted by Crippen LogP contribution is 2.16. The molecule has 1 rings (SSSR count). The van der Waals surface area contributed by atoms with Gasteiger partial charge in [0.15, 0.2) is 5.82 Å². The number of aromatic nitrogens is 3. The van der Waals surface area contributed by atoms with Crippen molar-refractivity contribution in [3.8, 4) is 0 Å². The first-order valence-electron chi connectivity index (χ1n) is 4.54. The average molecular weight is 184 g/mol. The van der Waals surface area contributed by atoms with Crippen molar-refractivity contribution in [2.24, 2.45) is 5.73 Å². The van der Waals surface area contributed by atoms with E-state index in [1.807, 2.05) is 13.8 Å². The molecule has 5 heteroatoms. The van der Waals surface area contributed by atoms with Crippen molar-refractivity contribution < 1.29 is 4.74 Å². The maximum absolute atomic E-state index is 5.45. The highest BCUT2D eigenvalue weighted by molar-refractivity contribution is 4.93. The van der Waals surface area contributed by atoms with Gasteiger partial charge < -0.3 is 10.5 Å². The molecule has 0 fully saturated rings. The van der Waals surface area contributed by atoms with E-state index in [1.54, 1.807) is 0 Å². The first-order chi connectivity index (χ1) is 6.31. The molecule has 0 aliphatic rings. The van der Waals surface area contributed by atoms with Crippen LogP contribution in [0.1, 0.15) is 38.0 Å². The van der Waals surface area contributed by atoms with E-state index < -0.39 is 0 Å². The summed E-state index contributed by atoms with van der Waals surface area (Å²) in [6.45, 7) is 5.05. The van der Waals surface area contributed by atoms with E-state index in [9.17, 15) is 0 Å². The Balaban J connectivity index is 2.67. The molecule has 0 saturated carbocycles. The SMILES string of the molecule is CCOC(CC)c1n[nH]c(CN)n1. The Morgan fingerprint density at radius 1 is 1.54 bits per heavy atom. The van der Waals surface area contributed by atoms with Gasteiger partial charge in [0.05, 0.1) is 6.54 Å². The summed E-state index contributed by atoms with van der Waals surface area (Å²) in [6.07, 6.45) is 0.858. The molecule has 0 aromatic carbocycles. The van der Waals surface area contributed by atoms with Crippen LogP contribution in [0.4, 0.5) is 0 Å². The normalized spacial score (nSPS) is 13.2. The molecule has 0 amide bonds. The van der Waals surface area contributed by atoms with Gasteiger partial charge in [0.1, 0.15) is 11.9 Å². The minimum atomic E-state index is -0.0125. The molecule has 0 aliphatic heterocycles. The van der Waals surface area contributed by atoms with Crippen molar-refractivity contribution in [3.63, 3.8) is 0 Å². The molecule has 5 nitrogen and oxygen atoms in total. The zero-order valence-electron chi connectivity index (χ0n) is 8.08. The van der Waals surface area contributed by atoms with Gasteiger partial charge in [-0.25, -0.2) is 4.98 Å². The number of aromatic amines is 1. The average Bonchev–Trinajstić information content (AvgIpc) is 2.62. The Labute approximate surface area is 77.7 Å². The Morgan fingerprint density at radius 2 is 2.31 bits per heavy atom. The maximum atomic E-state index is 5.45. The third kappa shape index (κ3) is 2.50. The quantitative estimate of drug-likeness (QED) is 0.708. The molecule has 1 aromatic heterocycles. The maximum Gasteiger partial charge on any atom is 0.179 e. The molecule has 13 heavy (non-hydrogen) atoms. The van der Waals surface area contributed by atoms with Crippen LogP contribution >= 0.6 is 0 Å². The summed E-state index contributed by atoms with van der Waals surface area (Å²) in [7, 11) is 0. The van der Waals surface area contributed by atoms with Crippen LogP contribution < -0.4 is 5.73 Å². The molecule has 0 aliphatic carbocycles. The van der Waals surface area contributed by atoms with E-state index in [4.69, 9.17) is 10.5 Å². The molecule has 0 bridgehead atoms. The lowest BCUT2D eigenvalue weighted by molar-refractivity contribution is 0.0537. The van der Waals surface area contributed by atoms with Crippen LogP contribution in [-0.4, -0.2) is 21.8 Å². The fourth-order valence-electron chi connectivity index (χ4n) is 1.12. The fourth-order valence-corrected chi connectivity index (χ4v) is 1.12. The minimum Gasteiger partial charge on any atom is -0.370 e. The van der Waals surface area contributed by atoms with E-state index in [2.05, 4.69) is 15.2 Å². The Morgan fingerprint density at radius 3 is 2.77 bits per heavy atom.